The summed E-state index contributed by atoms with van der Waals surface area (Å²) in [7, 11) is 0. The normalized spacial score (nSPS) is 15.6. The molecule has 2 atom stereocenters. The van der Waals surface area contributed by atoms with Gasteiger partial charge in [0.15, 0.2) is 0 Å². The van der Waals surface area contributed by atoms with Gasteiger partial charge in [-0.15, -0.1) is 0 Å². The van der Waals surface area contributed by atoms with Crippen molar-refractivity contribution >= 4 is 5.97 Å². The molecule has 2 N–H and O–H groups in total. The standard InChI is InChI=1S/C9H18O3/c1-3-4-8(9(11)12)5-7(2)6-10/h7-8,10H,3-6H2,1-2H3,(H,11,12). The minimum atomic E-state index is -0.739. The van der Waals surface area contributed by atoms with Gasteiger partial charge in [-0.2, -0.15) is 0 Å². The first-order valence-electron chi connectivity index (χ1n) is 4.45. The van der Waals surface area contributed by atoms with Crippen LogP contribution in [0.25, 0.3) is 0 Å². The lowest BCUT2D eigenvalue weighted by Crippen LogP contribution is -2.18. The third-order valence-corrected chi connectivity index (χ3v) is 1.98. The van der Waals surface area contributed by atoms with Gasteiger partial charge in [-0.05, 0) is 18.8 Å². The molecule has 12 heavy (non-hydrogen) atoms. The summed E-state index contributed by atoms with van der Waals surface area (Å²) in [5.74, 6) is -0.924. The van der Waals surface area contributed by atoms with Crippen molar-refractivity contribution in [1.29, 1.82) is 0 Å². The fraction of sp³-hybridized carbons (Fsp3) is 0.889. The van der Waals surface area contributed by atoms with Gasteiger partial charge < -0.3 is 10.2 Å². The van der Waals surface area contributed by atoms with Gasteiger partial charge in [0.1, 0.15) is 0 Å². The number of rotatable bonds is 6. The smallest absolute Gasteiger partial charge is 0.306 e. The van der Waals surface area contributed by atoms with E-state index in [-0.39, 0.29) is 18.4 Å². The molecule has 0 aliphatic rings. The van der Waals surface area contributed by atoms with Crippen molar-refractivity contribution in [2.45, 2.75) is 33.1 Å². The molecule has 0 rings (SSSR count). The summed E-state index contributed by atoms with van der Waals surface area (Å²) in [5.41, 5.74) is 0. The zero-order valence-corrected chi connectivity index (χ0v) is 7.79. The third-order valence-electron chi connectivity index (χ3n) is 1.98. The average Bonchev–Trinajstić information content (AvgIpc) is 2.03. The topological polar surface area (TPSA) is 57.5 Å². The first-order chi connectivity index (χ1) is 5.61. The second-order valence-electron chi connectivity index (χ2n) is 3.35. The Balaban J connectivity index is 3.86. The molecule has 0 aromatic rings. The van der Waals surface area contributed by atoms with Crippen LogP contribution in [0.3, 0.4) is 0 Å². The highest BCUT2D eigenvalue weighted by Crippen LogP contribution is 2.17. The third kappa shape index (κ3) is 4.34. The molecule has 0 heterocycles. The number of carbonyl (C=O) groups is 1. The molecule has 0 radical (unpaired) electrons. The largest absolute Gasteiger partial charge is 0.481 e. The molecule has 0 aromatic carbocycles. The van der Waals surface area contributed by atoms with E-state index in [2.05, 4.69) is 0 Å². The Morgan fingerprint density at radius 3 is 2.42 bits per heavy atom. The van der Waals surface area contributed by atoms with E-state index in [1.807, 2.05) is 13.8 Å². The van der Waals surface area contributed by atoms with E-state index >= 15 is 0 Å². The maximum absolute atomic E-state index is 10.7. The van der Waals surface area contributed by atoms with Gasteiger partial charge in [0, 0.05) is 6.61 Å². The van der Waals surface area contributed by atoms with Crippen LogP contribution >= 0.6 is 0 Å². The molecule has 0 amide bonds. The summed E-state index contributed by atoms with van der Waals surface area (Å²) in [6, 6.07) is 0. The molecule has 0 saturated carbocycles. The summed E-state index contributed by atoms with van der Waals surface area (Å²) in [6.07, 6.45) is 2.18. The summed E-state index contributed by atoms with van der Waals surface area (Å²) < 4.78 is 0. The molecule has 0 aliphatic heterocycles. The SMILES string of the molecule is CCCC(CC(C)CO)C(=O)O. The summed E-state index contributed by atoms with van der Waals surface area (Å²) in [5, 5.41) is 17.5. The van der Waals surface area contributed by atoms with Gasteiger partial charge in [-0.25, -0.2) is 0 Å². The van der Waals surface area contributed by atoms with Crippen molar-refractivity contribution in [3.05, 3.63) is 0 Å². The molecular formula is C9H18O3. The Morgan fingerprint density at radius 2 is 2.08 bits per heavy atom. The maximum Gasteiger partial charge on any atom is 0.306 e. The van der Waals surface area contributed by atoms with E-state index in [1.165, 1.54) is 0 Å². The van der Waals surface area contributed by atoms with Crippen LogP contribution in [-0.4, -0.2) is 22.8 Å². The first-order valence-corrected chi connectivity index (χ1v) is 4.45. The van der Waals surface area contributed by atoms with E-state index < -0.39 is 5.97 Å². The van der Waals surface area contributed by atoms with E-state index in [1.54, 1.807) is 0 Å². The Morgan fingerprint density at radius 1 is 1.50 bits per heavy atom. The van der Waals surface area contributed by atoms with Crippen LogP contribution < -0.4 is 0 Å². The molecule has 0 bridgehead atoms. The Labute approximate surface area is 73.4 Å². The molecule has 3 nitrogen and oxygen atoms in total. The zero-order chi connectivity index (χ0) is 9.56. The summed E-state index contributed by atoms with van der Waals surface area (Å²) >= 11 is 0. The second kappa shape index (κ2) is 6.00. The molecule has 3 heteroatoms. The van der Waals surface area contributed by atoms with Crippen molar-refractivity contribution in [3.63, 3.8) is 0 Å². The van der Waals surface area contributed by atoms with Crippen LogP contribution in [0, 0.1) is 11.8 Å². The number of carboxylic acid groups (broad SMARTS) is 1. The highest BCUT2D eigenvalue weighted by atomic mass is 16.4. The van der Waals surface area contributed by atoms with Crippen LogP contribution in [0.15, 0.2) is 0 Å². The predicted octanol–water partition coefficient (Wildman–Crippen LogP) is 1.51. The minimum absolute atomic E-state index is 0.0769. The Bertz CT molecular complexity index is 134. The second-order valence-corrected chi connectivity index (χ2v) is 3.35. The number of aliphatic hydroxyl groups excluding tert-OH is 1. The average molecular weight is 174 g/mol. The number of carboxylic acids is 1. The number of aliphatic carboxylic acids is 1. The lowest BCUT2D eigenvalue weighted by Gasteiger charge is -2.14. The molecule has 0 fully saturated rings. The van der Waals surface area contributed by atoms with Gasteiger partial charge in [-0.3, -0.25) is 4.79 Å². The van der Waals surface area contributed by atoms with E-state index in [4.69, 9.17) is 10.2 Å². The van der Waals surface area contributed by atoms with Crippen LogP contribution in [0.1, 0.15) is 33.1 Å². The first kappa shape index (κ1) is 11.4. The summed E-state index contributed by atoms with van der Waals surface area (Å²) in [6.45, 7) is 3.92. The molecule has 0 aromatic heterocycles. The highest BCUT2D eigenvalue weighted by Gasteiger charge is 2.18. The number of hydrogen-bond acceptors (Lipinski definition) is 2. The van der Waals surface area contributed by atoms with Gasteiger partial charge >= 0.3 is 5.97 Å². The lowest BCUT2D eigenvalue weighted by molar-refractivity contribution is -0.142. The van der Waals surface area contributed by atoms with Crippen molar-refractivity contribution < 1.29 is 15.0 Å². The fourth-order valence-corrected chi connectivity index (χ4v) is 1.25. The molecule has 0 saturated heterocycles. The van der Waals surface area contributed by atoms with Gasteiger partial charge in [0.2, 0.25) is 0 Å². The monoisotopic (exact) mass is 174 g/mol. The quantitative estimate of drug-likeness (QED) is 0.641. The van der Waals surface area contributed by atoms with Crippen molar-refractivity contribution in [2.24, 2.45) is 11.8 Å². The fourth-order valence-electron chi connectivity index (χ4n) is 1.25. The van der Waals surface area contributed by atoms with E-state index in [0.29, 0.717) is 12.8 Å². The predicted molar refractivity (Wildman–Crippen MR) is 46.9 cm³/mol. The zero-order valence-electron chi connectivity index (χ0n) is 7.79. The lowest BCUT2D eigenvalue weighted by atomic mass is 9.93. The Hall–Kier alpha value is -0.570. The summed E-state index contributed by atoms with van der Waals surface area (Å²) in [4.78, 5) is 10.7. The van der Waals surface area contributed by atoms with Crippen LogP contribution in [0.2, 0.25) is 0 Å². The van der Waals surface area contributed by atoms with E-state index in [0.717, 1.165) is 6.42 Å². The maximum atomic E-state index is 10.7. The van der Waals surface area contributed by atoms with Crippen molar-refractivity contribution in [3.8, 4) is 0 Å². The van der Waals surface area contributed by atoms with Gasteiger partial charge in [0.05, 0.1) is 5.92 Å². The van der Waals surface area contributed by atoms with Crippen molar-refractivity contribution in [1.82, 2.24) is 0 Å². The van der Waals surface area contributed by atoms with E-state index in [9.17, 15) is 4.79 Å². The van der Waals surface area contributed by atoms with Crippen LogP contribution in [-0.2, 0) is 4.79 Å². The minimum Gasteiger partial charge on any atom is -0.481 e. The molecule has 2 unspecified atom stereocenters. The molecule has 0 aliphatic carbocycles. The molecular weight excluding hydrogens is 156 g/mol. The molecule has 0 spiro atoms. The van der Waals surface area contributed by atoms with Crippen molar-refractivity contribution in [2.75, 3.05) is 6.61 Å². The Kier molecular flexibility index (Phi) is 5.72. The highest BCUT2D eigenvalue weighted by molar-refractivity contribution is 5.69. The van der Waals surface area contributed by atoms with Crippen LogP contribution in [0.4, 0.5) is 0 Å². The van der Waals surface area contributed by atoms with Crippen LogP contribution in [0.5, 0.6) is 0 Å². The van der Waals surface area contributed by atoms with Gasteiger partial charge in [0.25, 0.3) is 0 Å². The number of hydrogen-bond donors (Lipinski definition) is 2. The van der Waals surface area contributed by atoms with Gasteiger partial charge in [-0.1, -0.05) is 20.3 Å². The molecule has 72 valence electrons. The number of aliphatic hydroxyl groups is 1.